The summed E-state index contributed by atoms with van der Waals surface area (Å²) in [6, 6.07) is -0.0891. The second-order valence-electron chi connectivity index (χ2n) is 6.59. The van der Waals surface area contributed by atoms with Gasteiger partial charge in [-0.2, -0.15) is 0 Å². The molecule has 0 aromatic heterocycles. The van der Waals surface area contributed by atoms with Crippen molar-refractivity contribution in [3.63, 3.8) is 0 Å². The molecule has 0 aromatic rings. The van der Waals surface area contributed by atoms with Gasteiger partial charge in [0.05, 0.1) is 0 Å². The molecule has 1 saturated heterocycles. The molecule has 0 spiro atoms. The Labute approximate surface area is 122 Å². The number of hydrogen-bond donors (Lipinski definition) is 1. The minimum atomic E-state index is -0.676. The molecule has 2 rings (SSSR count). The van der Waals surface area contributed by atoms with Crippen molar-refractivity contribution in [2.24, 2.45) is 5.92 Å². The summed E-state index contributed by atoms with van der Waals surface area (Å²) in [6.45, 7) is 8.08. The van der Waals surface area contributed by atoms with Crippen molar-refractivity contribution >= 4 is 11.8 Å². The highest BCUT2D eigenvalue weighted by atomic mass is 16.2. The molecule has 4 heteroatoms. The van der Waals surface area contributed by atoms with Crippen LogP contribution in [-0.2, 0) is 9.59 Å². The molecule has 0 radical (unpaired) electrons. The maximum Gasteiger partial charge on any atom is 0.249 e. The van der Waals surface area contributed by atoms with Gasteiger partial charge in [0.25, 0.3) is 0 Å². The van der Waals surface area contributed by atoms with Crippen LogP contribution in [0.25, 0.3) is 0 Å². The van der Waals surface area contributed by atoms with Crippen LogP contribution in [-0.4, -0.2) is 34.3 Å². The van der Waals surface area contributed by atoms with Crippen LogP contribution in [0.2, 0.25) is 0 Å². The molecule has 1 saturated carbocycles. The van der Waals surface area contributed by atoms with Gasteiger partial charge in [-0.05, 0) is 38.5 Å². The third-order valence-electron chi connectivity index (χ3n) is 5.31. The fourth-order valence-electron chi connectivity index (χ4n) is 3.81. The van der Waals surface area contributed by atoms with Gasteiger partial charge in [0.15, 0.2) is 0 Å². The van der Waals surface area contributed by atoms with E-state index < -0.39 is 5.54 Å². The van der Waals surface area contributed by atoms with Gasteiger partial charge >= 0.3 is 0 Å². The van der Waals surface area contributed by atoms with Crippen LogP contribution >= 0.6 is 0 Å². The zero-order valence-corrected chi connectivity index (χ0v) is 13.2. The Kier molecular flexibility index (Phi) is 4.40. The number of carbonyl (C=O) groups is 2. The lowest BCUT2D eigenvalue weighted by molar-refractivity contribution is -0.158. The number of rotatable bonds is 3. The molecule has 1 heterocycles. The van der Waals surface area contributed by atoms with Crippen LogP contribution in [0.15, 0.2) is 0 Å². The molecular formula is C16H28N2O2. The number of piperazine rings is 1. The molecule has 1 N–H and O–H groups in total. The van der Waals surface area contributed by atoms with E-state index in [4.69, 9.17) is 0 Å². The SMILES string of the molecule is CCC1(CC)NC(=O)C(C)N(C2CCCC(C)C2)C1=O. The van der Waals surface area contributed by atoms with Crippen molar-refractivity contribution in [1.29, 1.82) is 0 Å². The molecule has 3 atom stereocenters. The minimum Gasteiger partial charge on any atom is -0.340 e. The summed E-state index contributed by atoms with van der Waals surface area (Å²) in [6.07, 6.45) is 5.81. The fraction of sp³-hybridized carbons (Fsp3) is 0.875. The van der Waals surface area contributed by atoms with Crippen LogP contribution in [0.3, 0.4) is 0 Å². The van der Waals surface area contributed by atoms with Gasteiger partial charge in [-0.3, -0.25) is 9.59 Å². The van der Waals surface area contributed by atoms with Crippen LogP contribution in [0, 0.1) is 5.92 Å². The van der Waals surface area contributed by atoms with Crippen molar-refractivity contribution in [2.75, 3.05) is 0 Å². The molecule has 2 aliphatic rings. The van der Waals surface area contributed by atoms with E-state index in [0.29, 0.717) is 18.8 Å². The molecule has 0 aromatic carbocycles. The maximum atomic E-state index is 13.0. The molecule has 114 valence electrons. The Hall–Kier alpha value is -1.06. The van der Waals surface area contributed by atoms with Gasteiger partial charge in [0.2, 0.25) is 11.8 Å². The molecule has 20 heavy (non-hydrogen) atoms. The third-order valence-corrected chi connectivity index (χ3v) is 5.31. The van der Waals surface area contributed by atoms with Gasteiger partial charge in [0.1, 0.15) is 11.6 Å². The number of amides is 2. The molecule has 1 aliphatic carbocycles. The van der Waals surface area contributed by atoms with Gasteiger partial charge < -0.3 is 10.2 Å². The van der Waals surface area contributed by atoms with Gasteiger partial charge in [-0.25, -0.2) is 0 Å². The van der Waals surface area contributed by atoms with E-state index >= 15 is 0 Å². The summed E-state index contributed by atoms with van der Waals surface area (Å²) in [5.74, 6) is 0.789. The first kappa shape index (κ1) is 15.3. The lowest BCUT2D eigenvalue weighted by Gasteiger charge is -2.49. The molecule has 0 bridgehead atoms. The molecule has 2 amide bonds. The summed E-state index contributed by atoms with van der Waals surface area (Å²) < 4.78 is 0. The average molecular weight is 280 g/mol. The van der Waals surface area contributed by atoms with E-state index in [0.717, 1.165) is 19.3 Å². The molecule has 4 nitrogen and oxygen atoms in total. The van der Waals surface area contributed by atoms with E-state index in [1.54, 1.807) is 0 Å². The standard InChI is InChI=1S/C16H28N2O2/c1-5-16(6-2)15(20)18(12(4)14(19)17-16)13-9-7-8-11(3)10-13/h11-13H,5-10H2,1-4H3,(H,17,19). The summed E-state index contributed by atoms with van der Waals surface area (Å²) in [7, 11) is 0. The predicted molar refractivity (Wildman–Crippen MR) is 79.2 cm³/mol. The van der Waals surface area contributed by atoms with E-state index in [-0.39, 0.29) is 23.9 Å². The second kappa shape index (κ2) is 5.74. The van der Waals surface area contributed by atoms with E-state index in [1.165, 1.54) is 6.42 Å². The van der Waals surface area contributed by atoms with Crippen molar-refractivity contribution in [3.8, 4) is 0 Å². The molecule has 3 unspecified atom stereocenters. The van der Waals surface area contributed by atoms with Gasteiger partial charge in [-0.15, -0.1) is 0 Å². The summed E-state index contributed by atoms with van der Waals surface area (Å²) in [4.78, 5) is 27.2. The van der Waals surface area contributed by atoms with Crippen LogP contribution < -0.4 is 5.32 Å². The Morgan fingerprint density at radius 2 is 1.85 bits per heavy atom. The summed E-state index contributed by atoms with van der Waals surface area (Å²) in [5, 5.41) is 2.98. The fourth-order valence-corrected chi connectivity index (χ4v) is 3.81. The van der Waals surface area contributed by atoms with E-state index in [9.17, 15) is 9.59 Å². The topological polar surface area (TPSA) is 49.4 Å². The largest absolute Gasteiger partial charge is 0.340 e. The quantitative estimate of drug-likeness (QED) is 0.863. The van der Waals surface area contributed by atoms with Crippen molar-refractivity contribution in [2.45, 2.75) is 83.8 Å². The molecule has 2 fully saturated rings. The highest BCUT2D eigenvalue weighted by Gasteiger charge is 2.49. The Bertz CT molecular complexity index is 390. The third kappa shape index (κ3) is 2.45. The number of nitrogens with zero attached hydrogens (tertiary/aromatic N) is 1. The highest BCUT2D eigenvalue weighted by molar-refractivity contribution is 5.99. The van der Waals surface area contributed by atoms with Gasteiger partial charge in [0, 0.05) is 6.04 Å². The Morgan fingerprint density at radius 1 is 1.20 bits per heavy atom. The monoisotopic (exact) mass is 280 g/mol. The van der Waals surface area contributed by atoms with Crippen LogP contribution in [0.5, 0.6) is 0 Å². The van der Waals surface area contributed by atoms with Crippen molar-refractivity contribution in [1.82, 2.24) is 10.2 Å². The summed E-state index contributed by atoms with van der Waals surface area (Å²) in [5.41, 5.74) is -0.676. The van der Waals surface area contributed by atoms with Crippen molar-refractivity contribution < 1.29 is 9.59 Å². The van der Waals surface area contributed by atoms with E-state index in [2.05, 4.69) is 12.2 Å². The predicted octanol–water partition coefficient (Wildman–Crippen LogP) is 2.47. The molecular weight excluding hydrogens is 252 g/mol. The zero-order chi connectivity index (χ0) is 14.9. The normalized spacial score (nSPS) is 34.0. The lowest BCUT2D eigenvalue weighted by atomic mass is 9.81. The lowest BCUT2D eigenvalue weighted by Crippen LogP contribution is -2.71. The smallest absolute Gasteiger partial charge is 0.249 e. The average Bonchev–Trinajstić information content (AvgIpc) is 2.43. The number of nitrogens with one attached hydrogen (secondary N) is 1. The first-order chi connectivity index (χ1) is 9.45. The van der Waals surface area contributed by atoms with Crippen LogP contribution in [0.4, 0.5) is 0 Å². The van der Waals surface area contributed by atoms with Crippen LogP contribution in [0.1, 0.15) is 66.2 Å². The van der Waals surface area contributed by atoms with Gasteiger partial charge in [-0.1, -0.05) is 33.6 Å². The second-order valence-corrected chi connectivity index (χ2v) is 6.59. The Balaban J connectivity index is 2.28. The van der Waals surface area contributed by atoms with Crippen molar-refractivity contribution in [3.05, 3.63) is 0 Å². The maximum absolute atomic E-state index is 13.0. The molecule has 1 aliphatic heterocycles. The summed E-state index contributed by atoms with van der Waals surface area (Å²) >= 11 is 0. The highest BCUT2D eigenvalue weighted by Crippen LogP contribution is 2.33. The zero-order valence-electron chi connectivity index (χ0n) is 13.2. The number of carbonyl (C=O) groups excluding carboxylic acids is 2. The number of hydrogen-bond acceptors (Lipinski definition) is 2. The van der Waals surface area contributed by atoms with E-state index in [1.807, 2.05) is 25.7 Å². The first-order valence-electron chi connectivity index (χ1n) is 8.10. The first-order valence-corrected chi connectivity index (χ1v) is 8.10. The minimum absolute atomic E-state index is 0.00604. The Morgan fingerprint density at radius 3 is 2.40 bits per heavy atom.